The van der Waals surface area contributed by atoms with Gasteiger partial charge in [-0.1, -0.05) is 6.08 Å². The van der Waals surface area contributed by atoms with Gasteiger partial charge < -0.3 is 0 Å². The summed E-state index contributed by atoms with van der Waals surface area (Å²) in [5, 5.41) is 0. The topological polar surface area (TPSA) is 0 Å². The number of allylic oxidation sites excluding steroid dienone is 4. The van der Waals surface area contributed by atoms with E-state index in [0.29, 0.717) is 4.48 Å². The van der Waals surface area contributed by atoms with E-state index in [4.69, 9.17) is 0 Å². The first kappa shape index (κ1) is 7.89. The summed E-state index contributed by atoms with van der Waals surface area (Å²) in [6, 6.07) is 0. The maximum Gasteiger partial charge on any atom is 0.111 e. The molecule has 0 aromatic carbocycles. The van der Waals surface area contributed by atoms with Crippen molar-refractivity contribution in [2.24, 2.45) is 0 Å². The Morgan fingerprint density at radius 1 is 1.62 bits per heavy atom. The van der Waals surface area contributed by atoms with Gasteiger partial charge in [0, 0.05) is 4.48 Å². The molecule has 0 aromatic rings. The SMILES string of the molecule is C/C=C\C(Br)=C(/C)F. The van der Waals surface area contributed by atoms with Crippen LogP contribution in [0.1, 0.15) is 13.8 Å². The molecule has 0 bridgehead atoms. The highest BCUT2D eigenvalue weighted by Crippen LogP contribution is 2.13. The fraction of sp³-hybridized carbons (Fsp3) is 0.333. The Hall–Kier alpha value is -0.110. The average Bonchev–Trinajstić information content (AvgIpc) is 1.67. The summed E-state index contributed by atoms with van der Waals surface area (Å²) in [5.74, 6) is -0.192. The van der Waals surface area contributed by atoms with Gasteiger partial charge in [0.05, 0.1) is 0 Å². The van der Waals surface area contributed by atoms with Gasteiger partial charge in [-0.25, -0.2) is 4.39 Å². The van der Waals surface area contributed by atoms with Crippen LogP contribution in [0.3, 0.4) is 0 Å². The van der Waals surface area contributed by atoms with Crippen molar-refractivity contribution in [2.45, 2.75) is 13.8 Å². The number of rotatable bonds is 1. The zero-order chi connectivity index (χ0) is 6.57. The molecular formula is C6H8BrF. The normalized spacial score (nSPS) is 14.5. The number of halogens is 2. The van der Waals surface area contributed by atoms with Gasteiger partial charge in [0.2, 0.25) is 0 Å². The molecule has 0 nitrogen and oxygen atoms in total. The van der Waals surface area contributed by atoms with Crippen LogP contribution in [0.15, 0.2) is 22.5 Å². The van der Waals surface area contributed by atoms with Crippen LogP contribution in [0.2, 0.25) is 0 Å². The summed E-state index contributed by atoms with van der Waals surface area (Å²) in [6.07, 6.45) is 3.43. The smallest absolute Gasteiger partial charge is 0.111 e. The van der Waals surface area contributed by atoms with E-state index in [2.05, 4.69) is 15.9 Å². The first-order valence-corrected chi connectivity index (χ1v) is 3.12. The fourth-order valence-corrected chi connectivity index (χ4v) is 0.525. The molecule has 0 saturated carbocycles. The van der Waals surface area contributed by atoms with Crippen LogP contribution >= 0.6 is 15.9 Å². The molecule has 8 heavy (non-hydrogen) atoms. The Morgan fingerprint density at radius 3 is 2.25 bits per heavy atom. The zero-order valence-corrected chi connectivity index (χ0v) is 6.50. The van der Waals surface area contributed by atoms with Gasteiger partial charge in [-0.15, -0.1) is 0 Å². The van der Waals surface area contributed by atoms with E-state index < -0.39 is 0 Å². The van der Waals surface area contributed by atoms with Gasteiger partial charge in [0.1, 0.15) is 5.83 Å². The Balaban J connectivity index is 4.00. The fourth-order valence-electron chi connectivity index (χ4n) is 0.261. The largest absolute Gasteiger partial charge is 0.211 e. The predicted octanol–water partition coefficient (Wildman–Crippen LogP) is 3.16. The second-order valence-corrected chi connectivity index (χ2v) is 2.24. The van der Waals surface area contributed by atoms with Crippen molar-refractivity contribution >= 4 is 15.9 Å². The first-order chi connectivity index (χ1) is 3.68. The third-order valence-corrected chi connectivity index (χ3v) is 1.45. The summed E-state index contributed by atoms with van der Waals surface area (Å²) in [6.45, 7) is 3.24. The van der Waals surface area contributed by atoms with E-state index in [1.165, 1.54) is 6.92 Å². The van der Waals surface area contributed by atoms with Crippen molar-refractivity contribution in [2.75, 3.05) is 0 Å². The maximum atomic E-state index is 12.1. The van der Waals surface area contributed by atoms with Crippen molar-refractivity contribution in [3.8, 4) is 0 Å². The van der Waals surface area contributed by atoms with Crippen LogP contribution in [-0.4, -0.2) is 0 Å². The molecule has 0 spiro atoms. The van der Waals surface area contributed by atoms with Gasteiger partial charge in [-0.05, 0) is 35.9 Å². The summed E-state index contributed by atoms with van der Waals surface area (Å²) in [4.78, 5) is 0. The Morgan fingerprint density at radius 2 is 2.12 bits per heavy atom. The molecule has 46 valence electrons. The molecule has 0 unspecified atom stereocenters. The third kappa shape index (κ3) is 2.97. The monoisotopic (exact) mass is 178 g/mol. The molecule has 0 N–H and O–H groups in total. The minimum Gasteiger partial charge on any atom is -0.211 e. The lowest BCUT2D eigenvalue weighted by atomic mass is 10.4. The highest BCUT2D eigenvalue weighted by molar-refractivity contribution is 9.11. The van der Waals surface area contributed by atoms with Crippen LogP contribution in [0.5, 0.6) is 0 Å². The van der Waals surface area contributed by atoms with Crippen molar-refractivity contribution in [3.05, 3.63) is 22.5 Å². The van der Waals surface area contributed by atoms with Crippen molar-refractivity contribution in [1.29, 1.82) is 0 Å². The minimum absolute atomic E-state index is 0.192. The Bertz CT molecular complexity index is 120. The highest BCUT2D eigenvalue weighted by atomic mass is 79.9. The molecule has 0 rings (SSSR count). The lowest BCUT2D eigenvalue weighted by Crippen LogP contribution is -1.64. The molecule has 0 saturated heterocycles. The predicted molar refractivity (Wildman–Crippen MR) is 37.5 cm³/mol. The number of hydrogen-bond acceptors (Lipinski definition) is 0. The maximum absolute atomic E-state index is 12.1. The van der Waals surface area contributed by atoms with E-state index >= 15 is 0 Å². The van der Waals surface area contributed by atoms with E-state index in [-0.39, 0.29) is 5.83 Å². The van der Waals surface area contributed by atoms with Crippen LogP contribution < -0.4 is 0 Å². The van der Waals surface area contributed by atoms with Crippen LogP contribution in [-0.2, 0) is 0 Å². The molecular weight excluding hydrogens is 171 g/mol. The molecule has 2 heteroatoms. The van der Waals surface area contributed by atoms with Crippen LogP contribution in [0.25, 0.3) is 0 Å². The highest BCUT2D eigenvalue weighted by Gasteiger charge is 1.88. The van der Waals surface area contributed by atoms with E-state index in [9.17, 15) is 4.39 Å². The van der Waals surface area contributed by atoms with Gasteiger partial charge in [0.15, 0.2) is 0 Å². The molecule has 0 amide bonds. The second kappa shape index (κ2) is 3.84. The van der Waals surface area contributed by atoms with E-state index in [1.807, 2.05) is 6.92 Å². The molecule has 0 radical (unpaired) electrons. The molecule has 0 aliphatic heterocycles. The molecule has 0 atom stereocenters. The van der Waals surface area contributed by atoms with Gasteiger partial charge >= 0.3 is 0 Å². The third-order valence-electron chi connectivity index (χ3n) is 0.642. The molecule has 0 aliphatic carbocycles. The lowest BCUT2D eigenvalue weighted by molar-refractivity contribution is 0.639. The minimum atomic E-state index is -0.192. The molecule has 0 heterocycles. The summed E-state index contributed by atoms with van der Waals surface area (Å²) in [5.41, 5.74) is 0. The Labute approximate surface area is 57.2 Å². The van der Waals surface area contributed by atoms with Crippen LogP contribution in [0.4, 0.5) is 4.39 Å². The van der Waals surface area contributed by atoms with Gasteiger partial charge in [-0.2, -0.15) is 0 Å². The Kier molecular flexibility index (Phi) is 3.79. The van der Waals surface area contributed by atoms with Crippen LogP contribution in [0, 0.1) is 0 Å². The van der Waals surface area contributed by atoms with E-state index in [0.717, 1.165) is 0 Å². The summed E-state index contributed by atoms with van der Waals surface area (Å²) >= 11 is 3.02. The number of hydrogen-bond donors (Lipinski definition) is 0. The van der Waals surface area contributed by atoms with Gasteiger partial charge in [0.25, 0.3) is 0 Å². The average molecular weight is 179 g/mol. The zero-order valence-electron chi connectivity index (χ0n) is 4.91. The van der Waals surface area contributed by atoms with Crippen molar-refractivity contribution in [3.63, 3.8) is 0 Å². The lowest BCUT2D eigenvalue weighted by Gasteiger charge is -1.85. The van der Waals surface area contributed by atoms with E-state index in [1.54, 1.807) is 12.2 Å². The second-order valence-electron chi connectivity index (χ2n) is 1.38. The standard InChI is InChI=1S/C6H8BrF/c1-3-4-6(7)5(2)8/h3-4H,1-2H3/b4-3-,6-5-. The molecule has 0 fully saturated rings. The molecule has 0 aliphatic rings. The molecule has 0 aromatic heterocycles. The quantitative estimate of drug-likeness (QED) is 0.542. The summed E-state index contributed by atoms with van der Waals surface area (Å²) in [7, 11) is 0. The van der Waals surface area contributed by atoms with Crippen molar-refractivity contribution in [1.82, 2.24) is 0 Å². The first-order valence-electron chi connectivity index (χ1n) is 2.33. The van der Waals surface area contributed by atoms with Gasteiger partial charge in [-0.3, -0.25) is 0 Å². The summed E-state index contributed by atoms with van der Waals surface area (Å²) < 4.78 is 12.6. The van der Waals surface area contributed by atoms with Crippen molar-refractivity contribution < 1.29 is 4.39 Å².